The third-order valence-corrected chi connectivity index (χ3v) is 2.23. The molecule has 1 aromatic heterocycles. The van der Waals surface area contributed by atoms with Gasteiger partial charge in [-0.15, -0.1) is 0 Å². The molecule has 0 aliphatic rings. The van der Waals surface area contributed by atoms with Crippen LogP contribution in [0.1, 0.15) is 0 Å². The Labute approximate surface area is 97.4 Å². The number of hydrogen-bond acceptors (Lipinski definition) is 3. The van der Waals surface area contributed by atoms with Gasteiger partial charge < -0.3 is 4.52 Å². The normalized spacial score (nSPS) is 10.5. The van der Waals surface area contributed by atoms with Crippen molar-refractivity contribution in [2.75, 3.05) is 0 Å². The van der Waals surface area contributed by atoms with E-state index in [0.29, 0.717) is 8.85 Å². The average molecular weight is 324 g/mol. The average Bonchev–Trinajstić information content (AvgIpc) is 2.56. The zero-order valence-corrected chi connectivity index (χ0v) is 9.58. The van der Waals surface area contributed by atoms with Crippen LogP contribution in [0.25, 0.3) is 11.5 Å². The summed E-state index contributed by atoms with van der Waals surface area (Å²) >= 11 is 7.59. The van der Waals surface area contributed by atoms with Gasteiger partial charge in [-0.25, -0.2) is 4.39 Å². The van der Waals surface area contributed by atoms with Crippen LogP contribution in [-0.4, -0.2) is 10.1 Å². The summed E-state index contributed by atoms with van der Waals surface area (Å²) in [6, 6.07) is 4.16. The SMILES string of the molecule is Fc1ccc(Cl)cc1-c1nc(I)no1. The van der Waals surface area contributed by atoms with Gasteiger partial charge in [0.25, 0.3) is 5.89 Å². The molecule has 0 N–H and O–H groups in total. The van der Waals surface area contributed by atoms with Crippen LogP contribution in [0.4, 0.5) is 4.39 Å². The lowest BCUT2D eigenvalue weighted by Crippen LogP contribution is -1.84. The highest BCUT2D eigenvalue weighted by molar-refractivity contribution is 14.1. The molecule has 0 amide bonds. The summed E-state index contributed by atoms with van der Waals surface area (Å²) in [5.74, 6) is -0.302. The van der Waals surface area contributed by atoms with E-state index in [2.05, 4.69) is 10.1 Å². The quantitative estimate of drug-likeness (QED) is 0.757. The van der Waals surface area contributed by atoms with Crippen molar-refractivity contribution < 1.29 is 8.91 Å². The molecule has 0 atom stereocenters. The van der Waals surface area contributed by atoms with E-state index >= 15 is 0 Å². The predicted octanol–water partition coefficient (Wildman–Crippen LogP) is 3.13. The largest absolute Gasteiger partial charge is 0.333 e. The van der Waals surface area contributed by atoms with Crippen LogP contribution in [0, 0.1) is 9.65 Å². The Morgan fingerprint density at radius 2 is 2.21 bits per heavy atom. The summed E-state index contributed by atoms with van der Waals surface area (Å²) in [4.78, 5) is 3.89. The second-order valence-corrected chi connectivity index (χ2v) is 3.89. The van der Waals surface area contributed by atoms with Crippen LogP contribution in [-0.2, 0) is 0 Å². The Morgan fingerprint density at radius 1 is 1.43 bits per heavy atom. The Bertz CT molecular complexity index is 474. The molecular weight excluding hydrogens is 321 g/mol. The molecule has 0 spiro atoms. The third kappa shape index (κ3) is 1.88. The fraction of sp³-hybridized carbons (Fsp3) is 0. The van der Waals surface area contributed by atoms with Gasteiger partial charge in [-0.05, 0) is 18.2 Å². The van der Waals surface area contributed by atoms with Gasteiger partial charge in [-0.1, -0.05) is 16.8 Å². The first-order chi connectivity index (χ1) is 6.66. The maximum atomic E-state index is 13.3. The number of aromatic nitrogens is 2. The molecule has 6 heteroatoms. The van der Waals surface area contributed by atoms with Crippen molar-refractivity contribution in [2.24, 2.45) is 0 Å². The van der Waals surface area contributed by atoms with Gasteiger partial charge in [0, 0.05) is 27.6 Å². The molecule has 1 aromatic carbocycles. The van der Waals surface area contributed by atoms with E-state index < -0.39 is 5.82 Å². The lowest BCUT2D eigenvalue weighted by molar-refractivity contribution is 0.423. The Morgan fingerprint density at radius 3 is 2.86 bits per heavy atom. The van der Waals surface area contributed by atoms with Crippen LogP contribution in [0.15, 0.2) is 22.7 Å². The Kier molecular flexibility index (Phi) is 2.69. The standard InChI is InChI=1S/C8H3ClFIN2O/c9-4-1-2-6(10)5(3-4)7-12-8(11)13-14-7/h1-3H. The number of benzene rings is 1. The van der Waals surface area contributed by atoms with E-state index in [0.717, 1.165) is 0 Å². The van der Waals surface area contributed by atoms with E-state index in [9.17, 15) is 4.39 Å². The molecular formula is C8H3ClFIN2O. The second-order valence-electron chi connectivity index (χ2n) is 2.49. The molecule has 0 bridgehead atoms. The minimum absolute atomic E-state index is 0.134. The molecule has 14 heavy (non-hydrogen) atoms. The fourth-order valence-corrected chi connectivity index (χ4v) is 1.47. The number of hydrogen-bond donors (Lipinski definition) is 0. The zero-order valence-electron chi connectivity index (χ0n) is 6.67. The van der Waals surface area contributed by atoms with E-state index in [-0.39, 0.29) is 11.5 Å². The minimum Gasteiger partial charge on any atom is -0.333 e. The van der Waals surface area contributed by atoms with Crippen molar-refractivity contribution in [3.63, 3.8) is 0 Å². The Hall–Kier alpha value is -0.690. The Balaban J connectivity index is 2.55. The van der Waals surface area contributed by atoms with Crippen LogP contribution in [0.5, 0.6) is 0 Å². The molecule has 2 rings (SSSR count). The molecule has 0 saturated heterocycles. The van der Waals surface area contributed by atoms with E-state index in [1.54, 1.807) is 0 Å². The first-order valence-electron chi connectivity index (χ1n) is 3.61. The molecule has 0 fully saturated rings. The molecule has 0 radical (unpaired) electrons. The molecule has 0 unspecified atom stereocenters. The van der Waals surface area contributed by atoms with E-state index in [1.165, 1.54) is 18.2 Å². The second kappa shape index (κ2) is 3.82. The first-order valence-corrected chi connectivity index (χ1v) is 5.07. The number of nitrogens with zero attached hydrogens (tertiary/aromatic N) is 2. The van der Waals surface area contributed by atoms with Crippen LogP contribution in [0.3, 0.4) is 0 Å². The van der Waals surface area contributed by atoms with Crippen molar-refractivity contribution in [3.8, 4) is 11.5 Å². The van der Waals surface area contributed by atoms with E-state index in [4.69, 9.17) is 16.1 Å². The van der Waals surface area contributed by atoms with Crippen molar-refractivity contribution in [2.45, 2.75) is 0 Å². The highest BCUT2D eigenvalue weighted by Crippen LogP contribution is 2.24. The fourth-order valence-electron chi connectivity index (χ4n) is 0.976. The molecule has 0 aliphatic carbocycles. The van der Waals surface area contributed by atoms with Gasteiger partial charge in [0.05, 0.1) is 5.56 Å². The van der Waals surface area contributed by atoms with Gasteiger partial charge in [0.1, 0.15) is 5.82 Å². The molecule has 2 aromatic rings. The summed E-state index contributed by atoms with van der Waals surface area (Å²) in [6.07, 6.45) is 0. The summed E-state index contributed by atoms with van der Waals surface area (Å²) < 4.78 is 18.5. The van der Waals surface area contributed by atoms with Crippen LogP contribution < -0.4 is 0 Å². The van der Waals surface area contributed by atoms with Gasteiger partial charge in [-0.2, -0.15) is 4.98 Å². The minimum atomic E-state index is -0.436. The zero-order chi connectivity index (χ0) is 10.1. The van der Waals surface area contributed by atoms with Crippen molar-refractivity contribution in [3.05, 3.63) is 32.9 Å². The third-order valence-electron chi connectivity index (χ3n) is 1.56. The first kappa shape index (κ1) is 9.85. The molecule has 0 saturated carbocycles. The monoisotopic (exact) mass is 324 g/mol. The molecule has 3 nitrogen and oxygen atoms in total. The highest BCUT2D eigenvalue weighted by atomic mass is 127. The number of halogens is 3. The lowest BCUT2D eigenvalue weighted by atomic mass is 10.2. The molecule has 1 heterocycles. The van der Waals surface area contributed by atoms with Gasteiger partial charge in [0.2, 0.25) is 3.83 Å². The summed E-state index contributed by atoms with van der Waals surface area (Å²) in [5.41, 5.74) is 0.216. The van der Waals surface area contributed by atoms with Crippen molar-refractivity contribution >= 4 is 34.2 Å². The van der Waals surface area contributed by atoms with Crippen molar-refractivity contribution in [1.82, 2.24) is 10.1 Å². The van der Waals surface area contributed by atoms with Crippen LogP contribution >= 0.6 is 34.2 Å². The number of rotatable bonds is 1. The molecule has 72 valence electrons. The lowest BCUT2D eigenvalue weighted by Gasteiger charge is -1.96. The van der Waals surface area contributed by atoms with Gasteiger partial charge in [0.15, 0.2) is 0 Å². The maximum absolute atomic E-state index is 13.3. The molecule has 0 aliphatic heterocycles. The van der Waals surface area contributed by atoms with Gasteiger partial charge in [-0.3, -0.25) is 0 Å². The summed E-state index contributed by atoms with van der Waals surface area (Å²) in [5, 5.41) is 3.98. The smallest absolute Gasteiger partial charge is 0.261 e. The predicted molar refractivity (Wildman–Crippen MR) is 57.4 cm³/mol. The van der Waals surface area contributed by atoms with Crippen LogP contribution in [0.2, 0.25) is 5.02 Å². The summed E-state index contributed by atoms with van der Waals surface area (Å²) in [6.45, 7) is 0. The highest BCUT2D eigenvalue weighted by Gasteiger charge is 2.12. The van der Waals surface area contributed by atoms with Crippen molar-refractivity contribution in [1.29, 1.82) is 0 Å². The van der Waals surface area contributed by atoms with Gasteiger partial charge >= 0.3 is 0 Å². The van der Waals surface area contributed by atoms with E-state index in [1.807, 2.05) is 22.6 Å². The maximum Gasteiger partial charge on any atom is 0.261 e. The topological polar surface area (TPSA) is 38.9 Å². The summed E-state index contributed by atoms with van der Waals surface area (Å²) in [7, 11) is 0.